The summed E-state index contributed by atoms with van der Waals surface area (Å²) in [5, 5.41) is 28.4. The number of carboxylic acids is 1. The van der Waals surface area contributed by atoms with Crippen LogP contribution >= 0.6 is 0 Å². The quantitative estimate of drug-likeness (QED) is 0.166. The Balaban J connectivity index is 1.94. The minimum Gasteiger partial charge on any atom is -0.480 e. The lowest BCUT2D eigenvalue weighted by atomic mass is 9.94. The first-order chi connectivity index (χ1) is 15.4. The normalized spacial score (nSPS) is 13.5. The van der Waals surface area contributed by atoms with E-state index in [0.717, 1.165) is 5.56 Å². The number of fused-ring (bicyclic) bond motifs is 1. The van der Waals surface area contributed by atoms with Crippen molar-refractivity contribution in [2.24, 2.45) is 5.41 Å². The van der Waals surface area contributed by atoms with E-state index in [4.69, 9.17) is 9.47 Å². The van der Waals surface area contributed by atoms with Crippen molar-refractivity contribution in [1.82, 2.24) is 15.0 Å². The molecule has 9 heteroatoms. The first-order valence-corrected chi connectivity index (χ1v) is 10.3. The SMILES string of the molecule is C=C(C)C(C)(O)OCCc1ccc(-n2nc3ccccc3n2)c(OC(=O)C(C)(C)C(=O)O)c1. The van der Waals surface area contributed by atoms with E-state index in [1.807, 2.05) is 12.1 Å². The number of hydrogen-bond donors (Lipinski definition) is 2. The Bertz CT molecular complexity index is 1180. The number of rotatable bonds is 9. The number of aliphatic carboxylic acids is 1. The summed E-state index contributed by atoms with van der Waals surface area (Å²) in [6, 6.07) is 12.4. The van der Waals surface area contributed by atoms with Gasteiger partial charge in [0.25, 0.3) is 0 Å². The first-order valence-electron chi connectivity index (χ1n) is 10.3. The average Bonchev–Trinajstić information content (AvgIpc) is 3.17. The standard InChI is InChI=1S/C24H27N3O6/c1-15(2)24(5,31)32-13-12-16-10-11-19(27-25-17-8-6-7-9-18(17)26-27)20(14-16)33-22(30)23(3,4)21(28)29/h6-11,14,31H,1,12-13H2,2-5H3,(H,28,29). The molecule has 0 radical (unpaired) electrons. The lowest BCUT2D eigenvalue weighted by Crippen LogP contribution is -2.36. The largest absolute Gasteiger partial charge is 0.480 e. The van der Waals surface area contributed by atoms with Crippen LogP contribution in [0.4, 0.5) is 0 Å². The van der Waals surface area contributed by atoms with Crippen LogP contribution < -0.4 is 4.74 Å². The molecule has 2 N–H and O–H groups in total. The third-order valence-electron chi connectivity index (χ3n) is 5.34. The molecule has 3 aromatic rings. The molecule has 2 aromatic carbocycles. The fraction of sp³-hybridized carbons (Fsp3) is 0.333. The Morgan fingerprint density at radius 2 is 1.70 bits per heavy atom. The monoisotopic (exact) mass is 453 g/mol. The number of hydrogen-bond acceptors (Lipinski definition) is 7. The van der Waals surface area contributed by atoms with E-state index in [1.54, 1.807) is 37.3 Å². The molecule has 3 rings (SSSR count). The van der Waals surface area contributed by atoms with E-state index in [1.165, 1.54) is 25.6 Å². The second-order valence-corrected chi connectivity index (χ2v) is 8.46. The van der Waals surface area contributed by atoms with Gasteiger partial charge in [-0.15, -0.1) is 15.0 Å². The summed E-state index contributed by atoms with van der Waals surface area (Å²) in [5.41, 5.74) is 1.14. The zero-order valence-electron chi connectivity index (χ0n) is 19.0. The summed E-state index contributed by atoms with van der Waals surface area (Å²) < 4.78 is 11.0. The highest BCUT2D eigenvalue weighted by atomic mass is 16.6. The Kier molecular flexibility index (Phi) is 6.66. The summed E-state index contributed by atoms with van der Waals surface area (Å²) in [5.74, 6) is -3.58. The molecule has 0 spiro atoms. The minimum absolute atomic E-state index is 0.110. The molecule has 0 bridgehead atoms. The molecule has 0 saturated carbocycles. The van der Waals surface area contributed by atoms with Gasteiger partial charge < -0.3 is 19.7 Å². The van der Waals surface area contributed by atoms with Gasteiger partial charge in [0.05, 0.1) is 6.61 Å². The highest BCUT2D eigenvalue weighted by Crippen LogP contribution is 2.28. The number of aromatic nitrogens is 3. The van der Waals surface area contributed by atoms with E-state index in [-0.39, 0.29) is 12.4 Å². The van der Waals surface area contributed by atoms with Crippen LogP contribution in [-0.2, 0) is 20.7 Å². The van der Waals surface area contributed by atoms with E-state index in [2.05, 4.69) is 16.8 Å². The van der Waals surface area contributed by atoms with Crippen LogP contribution in [0.3, 0.4) is 0 Å². The van der Waals surface area contributed by atoms with Gasteiger partial charge in [-0.2, -0.15) is 0 Å². The number of aliphatic hydroxyl groups is 1. The number of nitrogens with zero attached hydrogens (tertiary/aromatic N) is 3. The molecule has 33 heavy (non-hydrogen) atoms. The summed E-state index contributed by atoms with van der Waals surface area (Å²) >= 11 is 0. The molecular formula is C24H27N3O6. The Hall–Kier alpha value is -3.56. The van der Waals surface area contributed by atoms with Crippen molar-refractivity contribution in [3.8, 4) is 11.4 Å². The van der Waals surface area contributed by atoms with Crippen LogP contribution in [0, 0.1) is 5.41 Å². The van der Waals surface area contributed by atoms with Crippen molar-refractivity contribution >= 4 is 23.0 Å². The van der Waals surface area contributed by atoms with Crippen molar-refractivity contribution in [3.63, 3.8) is 0 Å². The minimum atomic E-state index is -1.75. The maximum Gasteiger partial charge on any atom is 0.328 e. The van der Waals surface area contributed by atoms with Gasteiger partial charge in [-0.05, 0) is 69.5 Å². The Labute approximate surface area is 191 Å². The third kappa shape index (κ3) is 5.27. The van der Waals surface area contributed by atoms with Crippen molar-refractivity contribution in [1.29, 1.82) is 0 Å². The van der Waals surface area contributed by atoms with Crippen LogP contribution in [0.1, 0.15) is 33.3 Å². The molecule has 0 saturated heterocycles. The van der Waals surface area contributed by atoms with Gasteiger partial charge in [0, 0.05) is 0 Å². The molecule has 1 aromatic heterocycles. The summed E-state index contributed by atoms with van der Waals surface area (Å²) in [7, 11) is 0. The number of carbonyl (C=O) groups is 2. The highest BCUT2D eigenvalue weighted by Gasteiger charge is 2.38. The molecule has 174 valence electrons. The predicted molar refractivity (Wildman–Crippen MR) is 121 cm³/mol. The second kappa shape index (κ2) is 9.13. The molecule has 0 amide bonds. The summed E-state index contributed by atoms with van der Waals surface area (Å²) in [4.78, 5) is 25.5. The van der Waals surface area contributed by atoms with Crippen LogP contribution in [-0.4, -0.2) is 49.5 Å². The molecule has 0 fully saturated rings. The molecule has 9 nitrogen and oxygen atoms in total. The average molecular weight is 453 g/mol. The fourth-order valence-corrected chi connectivity index (χ4v) is 2.73. The van der Waals surface area contributed by atoms with Gasteiger partial charge >= 0.3 is 11.9 Å². The number of carbonyl (C=O) groups excluding carboxylic acids is 1. The van der Waals surface area contributed by atoms with Crippen molar-refractivity contribution in [2.45, 2.75) is 39.9 Å². The van der Waals surface area contributed by atoms with E-state index < -0.39 is 23.1 Å². The number of carboxylic acid groups (broad SMARTS) is 1. The second-order valence-electron chi connectivity index (χ2n) is 8.46. The number of benzene rings is 2. The highest BCUT2D eigenvalue weighted by molar-refractivity contribution is 5.99. The maximum atomic E-state index is 12.6. The van der Waals surface area contributed by atoms with E-state index >= 15 is 0 Å². The van der Waals surface area contributed by atoms with Gasteiger partial charge in [-0.1, -0.05) is 24.8 Å². The van der Waals surface area contributed by atoms with E-state index in [0.29, 0.717) is 28.7 Å². The van der Waals surface area contributed by atoms with Crippen LogP contribution in [0.5, 0.6) is 5.75 Å². The summed E-state index contributed by atoms with van der Waals surface area (Å²) in [6.45, 7) is 9.60. The van der Waals surface area contributed by atoms with Gasteiger partial charge in [0.1, 0.15) is 16.7 Å². The van der Waals surface area contributed by atoms with Gasteiger partial charge in [0.2, 0.25) is 0 Å². The van der Waals surface area contributed by atoms with Crippen molar-refractivity contribution < 1.29 is 29.3 Å². The van der Waals surface area contributed by atoms with Gasteiger partial charge in [-0.25, -0.2) is 0 Å². The molecule has 1 unspecified atom stereocenters. The molecule has 1 atom stereocenters. The first kappa shape index (κ1) is 24.1. The molecule has 0 aliphatic rings. The molecule has 1 heterocycles. The predicted octanol–water partition coefficient (Wildman–Crippen LogP) is 3.28. The zero-order valence-corrected chi connectivity index (χ0v) is 19.0. The topological polar surface area (TPSA) is 124 Å². The fourth-order valence-electron chi connectivity index (χ4n) is 2.73. The smallest absolute Gasteiger partial charge is 0.328 e. The number of esters is 1. The molecule has 0 aliphatic heterocycles. The van der Waals surface area contributed by atoms with Crippen LogP contribution in [0.25, 0.3) is 16.7 Å². The third-order valence-corrected chi connectivity index (χ3v) is 5.34. The van der Waals surface area contributed by atoms with Crippen molar-refractivity contribution in [2.75, 3.05) is 6.61 Å². The van der Waals surface area contributed by atoms with E-state index in [9.17, 15) is 19.8 Å². The van der Waals surface area contributed by atoms with Gasteiger partial charge in [-0.3, -0.25) is 9.59 Å². The maximum absolute atomic E-state index is 12.6. The van der Waals surface area contributed by atoms with Crippen LogP contribution in [0.15, 0.2) is 54.6 Å². The zero-order chi connectivity index (χ0) is 24.4. The lowest BCUT2D eigenvalue weighted by molar-refractivity contribution is -0.160. The molecular weight excluding hydrogens is 426 g/mol. The lowest BCUT2D eigenvalue weighted by Gasteiger charge is -2.24. The van der Waals surface area contributed by atoms with Gasteiger partial charge in [0.15, 0.2) is 17.0 Å². The number of ether oxygens (including phenoxy) is 2. The molecule has 0 aliphatic carbocycles. The Morgan fingerprint density at radius 3 is 2.24 bits per heavy atom. The summed E-state index contributed by atoms with van der Waals surface area (Å²) in [6.07, 6.45) is 0.394. The Morgan fingerprint density at radius 1 is 1.09 bits per heavy atom. The van der Waals surface area contributed by atoms with Crippen LogP contribution in [0.2, 0.25) is 0 Å². The van der Waals surface area contributed by atoms with Crippen molar-refractivity contribution in [3.05, 3.63) is 60.2 Å².